The molecule has 2 aliphatic rings. The molecular formula is C35H64N2O4S. The molecule has 0 saturated heterocycles. The van der Waals surface area contributed by atoms with Crippen LogP contribution in [0.15, 0.2) is 24.3 Å². The van der Waals surface area contributed by atoms with Crippen molar-refractivity contribution in [3.8, 4) is 5.75 Å². The number of ether oxygens (including phenoxy) is 1. The molecule has 2 saturated carbocycles. The van der Waals surface area contributed by atoms with Crippen LogP contribution in [0.25, 0.3) is 0 Å². The number of benzene rings is 1. The van der Waals surface area contributed by atoms with Crippen molar-refractivity contribution in [1.29, 1.82) is 0 Å². The van der Waals surface area contributed by atoms with Gasteiger partial charge in [-0.1, -0.05) is 46.8 Å². The van der Waals surface area contributed by atoms with Crippen LogP contribution in [0.4, 0.5) is 0 Å². The second-order valence-corrected chi connectivity index (χ2v) is 18.4. The Balaban J connectivity index is 0.000000399. The maximum Gasteiger partial charge on any atom is 0.216 e. The van der Waals surface area contributed by atoms with Crippen LogP contribution in [0.3, 0.4) is 0 Å². The molecule has 0 aromatic heterocycles. The highest BCUT2D eigenvalue weighted by atomic mass is 32.2. The number of sulfonamides is 1. The number of nitrogens with zero attached hydrogens (tertiary/aromatic N) is 1. The summed E-state index contributed by atoms with van der Waals surface area (Å²) < 4.78 is 34.0. The molecule has 1 N–H and O–H groups in total. The highest BCUT2D eigenvalue weighted by Crippen LogP contribution is 2.64. The van der Waals surface area contributed by atoms with Gasteiger partial charge in [0.1, 0.15) is 18.1 Å². The van der Waals surface area contributed by atoms with Crippen LogP contribution in [0.5, 0.6) is 5.75 Å². The average molecular weight is 609 g/mol. The summed E-state index contributed by atoms with van der Waals surface area (Å²) in [7, 11) is -3.56. The van der Waals surface area contributed by atoms with E-state index in [1.165, 1.54) is 5.56 Å². The van der Waals surface area contributed by atoms with Crippen LogP contribution >= 0.6 is 0 Å². The van der Waals surface area contributed by atoms with Gasteiger partial charge in [0.15, 0.2) is 0 Å². The Morgan fingerprint density at radius 2 is 1.52 bits per heavy atom. The predicted molar refractivity (Wildman–Crippen MR) is 179 cm³/mol. The van der Waals surface area contributed by atoms with E-state index in [2.05, 4.69) is 79.8 Å². The average Bonchev–Trinajstić information content (AvgIpc) is 3.08. The second-order valence-electron chi connectivity index (χ2n) is 16.6. The van der Waals surface area contributed by atoms with Gasteiger partial charge in [0, 0.05) is 35.0 Å². The fourth-order valence-corrected chi connectivity index (χ4v) is 9.72. The van der Waals surface area contributed by atoms with Crippen molar-refractivity contribution in [2.75, 3.05) is 18.9 Å². The maximum atomic E-state index is 13.4. The number of nitrogens with one attached hydrogen (secondary N) is 1. The molecule has 6 nitrogen and oxygen atoms in total. The van der Waals surface area contributed by atoms with Crippen LogP contribution < -0.4 is 10.1 Å². The van der Waals surface area contributed by atoms with E-state index in [1.807, 2.05) is 53.7 Å². The van der Waals surface area contributed by atoms with Gasteiger partial charge >= 0.3 is 0 Å². The lowest BCUT2D eigenvalue weighted by molar-refractivity contribution is -0.128. The summed E-state index contributed by atoms with van der Waals surface area (Å²) in [6.45, 7) is 32.3. The zero-order valence-corrected chi connectivity index (χ0v) is 30.5. The molecule has 0 heterocycles. The van der Waals surface area contributed by atoms with E-state index in [0.29, 0.717) is 25.4 Å². The van der Waals surface area contributed by atoms with E-state index in [9.17, 15) is 13.2 Å². The third-order valence-electron chi connectivity index (χ3n) is 8.08. The molecule has 244 valence electrons. The van der Waals surface area contributed by atoms with E-state index in [4.69, 9.17) is 4.74 Å². The Bertz CT molecular complexity index is 1100. The molecule has 42 heavy (non-hydrogen) atoms. The van der Waals surface area contributed by atoms with Crippen LogP contribution in [-0.2, 0) is 14.8 Å². The van der Waals surface area contributed by atoms with E-state index in [-0.39, 0.29) is 22.5 Å². The summed E-state index contributed by atoms with van der Waals surface area (Å²) in [5.74, 6) is 2.23. The lowest BCUT2D eigenvalue weighted by atomic mass is 9.70. The monoisotopic (exact) mass is 608 g/mol. The molecule has 1 aromatic rings. The molecule has 2 aliphatic carbocycles. The number of carbonyl (C=O) groups excluding carboxylic acids is 1. The number of Topliss-reactive ketones (excluding diaryl/α,β-unsaturated/α-hetero) is 1. The second kappa shape index (κ2) is 14.1. The molecule has 0 spiro atoms. The molecule has 2 bridgehead atoms. The fraction of sp³-hybridized carbons (Fsp3) is 0.800. The molecule has 2 atom stereocenters. The molecule has 2 fully saturated rings. The zero-order valence-electron chi connectivity index (χ0n) is 29.7. The van der Waals surface area contributed by atoms with Gasteiger partial charge in [0.25, 0.3) is 0 Å². The van der Waals surface area contributed by atoms with Gasteiger partial charge < -0.3 is 10.1 Å². The van der Waals surface area contributed by atoms with Gasteiger partial charge in [-0.05, 0) is 117 Å². The molecule has 1 aromatic carbocycles. The third kappa shape index (κ3) is 10.6. The van der Waals surface area contributed by atoms with Crippen molar-refractivity contribution in [2.24, 2.45) is 22.7 Å². The normalized spacial score (nSPS) is 22.0. The van der Waals surface area contributed by atoms with E-state index in [1.54, 1.807) is 4.31 Å². The quantitative estimate of drug-likeness (QED) is 0.317. The largest absolute Gasteiger partial charge is 0.492 e. The Hall–Kier alpha value is -1.44. The standard InChI is InChI=1S/C18H33NO3S.C13H21NO.C4H10/c1-15(2,3)19(16(4,5)6)23(21,22)12-18-10-9-13(11-14(18)20)17(18,7)8;1-11-6-5-7-12(10-11)15-9-8-14-13(2,3)4;1-4(2)3/h13H,9-12H2,1-8H3;5-7,10,14H,8-9H2,1-4H3;4H,1-3H3/t13-,18+;;/m0../s1. The molecule has 3 rings (SSSR count). The summed E-state index contributed by atoms with van der Waals surface area (Å²) in [6.07, 6.45) is 2.23. The van der Waals surface area contributed by atoms with Crippen LogP contribution in [0.2, 0.25) is 0 Å². The lowest BCUT2D eigenvalue weighted by Gasteiger charge is -2.46. The smallest absolute Gasteiger partial charge is 0.216 e. The summed E-state index contributed by atoms with van der Waals surface area (Å²) in [6, 6.07) is 8.13. The van der Waals surface area contributed by atoms with Crippen molar-refractivity contribution >= 4 is 15.8 Å². The first-order valence-electron chi connectivity index (χ1n) is 15.8. The van der Waals surface area contributed by atoms with Crippen molar-refractivity contribution in [3.05, 3.63) is 29.8 Å². The van der Waals surface area contributed by atoms with Gasteiger partial charge in [-0.2, -0.15) is 4.31 Å². The van der Waals surface area contributed by atoms with Gasteiger partial charge in [-0.15, -0.1) is 0 Å². The maximum absolute atomic E-state index is 13.4. The zero-order chi connectivity index (χ0) is 32.9. The minimum Gasteiger partial charge on any atom is -0.492 e. The number of hydrogen-bond acceptors (Lipinski definition) is 5. The first-order valence-corrected chi connectivity index (χ1v) is 17.4. The van der Waals surface area contributed by atoms with Gasteiger partial charge in [0.05, 0.1) is 5.75 Å². The molecular weight excluding hydrogens is 544 g/mol. The summed E-state index contributed by atoms with van der Waals surface area (Å²) in [4.78, 5) is 12.7. The molecule has 0 aliphatic heterocycles. The number of rotatable bonds is 7. The van der Waals surface area contributed by atoms with Crippen molar-refractivity contribution in [1.82, 2.24) is 9.62 Å². The molecule has 0 amide bonds. The summed E-state index contributed by atoms with van der Waals surface area (Å²) in [5, 5.41) is 3.38. The topological polar surface area (TPSA) is 75.7 Å². The van der Waals surface area contributed by atoms with E-state index in [0.717, 1.165) is 24.6 Å². The van der Waals surface area contributed by atoms with Gasteiger partial charge in [0.2, 0.25) is 10.0 Å². The van der Waals surface area contributed by atoms with Crippen LogP contribution in [0, 0.1) is 29.6 Å². The van der Waals surface area contributed by atoms with Crippen LogP contribution in [0.1, 0.15) is 122 Å². The molecule has 7 heteroatoms. The van der Waals surface area contributed by atoms with E-state index >= 15 is 0 Å². The number of hydrogen-bond donors (Lipinski definition) is 1. The predicted octanol–water partition coefficient (Wildman–Crippen LogP) is 8.03. The highest BCUT2D eigenvalue weighted by molar-refractivity contribution is 7.89. The fourth-order valence-electron chi connectivity index (χ4n) is 6.62. The Kier molecular flexibility index (Phi) is 13.0. The van der Waals surface area contributed by atoms with Crippen LogP contribution in [-0.4, -0.2) is 54.0 Å². The number of carbonyl (C=O) groups is 1. The Labute approximate surface area is 259 Å². The third-order valence-corrected chi connectivity index (χ3v) is 10.6. The van der Waals surface area contributed by atoms with Gasteiger partial charge in [-0.3, -0.25) is 4.79 Å². The number of fused-ring (bicyclic) bond motifs is 2. The minimum atomic E-state index is -3.56. The Morgan fingerprint density at radius 1 is 1.00 bits per heavy atom. The highest BCUT2D eigenvalue weighted by Gasteiger charge is 2.66. The summed E-state index contributed by atoms with van der Waals surface area (Å²) >= 11 is 0. The van der Waals surface area contributed by atoms with Crippen molar-refractivity contribution in [3.63, 3.8) is 0 Å². The first-order chi connectivity index (χ1) is 18.8. The van der Waals surface area contributed by atoms with Crippen molar-refractivity contribution in [2.45, 2.75) is 140 Å². The minimum absolute atomic E-state index is 0.0448. The van der Waals surface area contributed by atoms with E-state index < -0.39 is 26.5 Å². The first kappa shape index (κ1) is 38.6. The number of ketones is 1. The molecule has 0 unspecified atom stereocenters. The number of aryl methyl sites for hydroxylation is 1. The van der Waals surface area contributed by atoms with Gasteiger partial charge in [-0.25, -0.2) is 8.42 Å². The van der Waals surface area contributed by atoms with Crippen molar-refractivity contribution < 1.29 is 17.9 Å². The summed E-state index contributed by atoms with van der Waals surface area (Å²) in [5.41, 5.74) is -0.564. The Morgan fingerprint density at radius 3 is 1.90 bits per heavy atom. The lowest BCUT2D eigenvalue weighted by Crippen LogP contribution is -2.58. The SMILES string of the molecule is CC(C)(C)N(C(C)(C)C)S(=O)(=O)C[C@]12CC[C@@H](CC1=O)C2(C)C.CC(C)C.Cc1cccc(OCCNC(C)(C)C)c1. The molecule has 0 radical (unpaired) electrons.